The summed E-state index contributed by atoms with van der Waals surface area (Å²) in [6.07, 6.45) is 0. The Morgan fingerprint density at radius 3 is 3.00 bits per heavy atom. The van der Waals surface area contributed by atoms with E-state index in [1.807, 2.05) is 25.1 Å². The van der Waals surface area contributed by atoms with Crippen LogP contribution in [0.1, 0.15) is 12.6 Å². The number of hydrogen-bond acceptors (Lipinski definition) is 2. The van der Waals surface area contributed by atoms with E-state index >= 15 is 0 Å². The monoisotopic (exact) mass is 191 g/mol. The Labute approximate surface area is 82.3 Å². The van der Waals surface area contributed by atoms with Crippen LogP contribution in [0, 0.1) is 0 Å². The minimum atomic E-state index is 0.307. The van der Waals surface area contributed by atoms with Crippen molar-refractivity contribution in [3.8, 4) is 5.75 Å². The summed E-state index contributed by atoms with van der Waals surface area (Å²) in [4.78, 5) is 3.19. The maximum atomic E-state index is 9.55. The molecule has 0 unspecified atom stereocenters. The highest BCUT2D eigenvalue weighted by atomic mass is 16.5. The number of phenolic OH excluding ortho intramolecular Hbond substituents is 1. The third-order valence-electron chi connectivity index (χ3n) is 2.16. The van der Waals surface area contributed by atoms with Crippen molar-refractivity contribution >= 4 is 10.9 Å². The summed E-state index contributed by atoms with van der Waals surface area (Å²) >= 11 is 0. The Hall–Kier alpha value is -1.48. The number of rotatable bonds is 3. The molecule has 2 N–H and O–H groups in total. The van der Waals surface area contributed by atoms with Gasteiger partial charge in [0.1, 0.15) is 5.75 Å². The normalized spacial score (nSPS) is 10.9. The third kappa shape index (κ3) is 1.59. The van der Waals surface area contributed by atoms with Crippen molar-refractivity contribution < 1.29 is 9.84 Å². The maximum absolute atomic E-state index is 9.55. The molecule has 0 atom stereocenters. The van der Waals surface area contributed by atoms with Gasteiger partial charge < -0.3 is 14.8 Å². The zero-order chi connectivity index (χ0) is 9.97. The Morgan fingerprint density at radius 2 is 2.29 bits per heavy atom. The lowest BCUT2D eigenvalue weighted by molar-refractivity contribution is 0.132. The summed E-state index contributed by atoms with van der Waals surface area (Å²) < 4.78 is 5.28. The van der Waals surface area contributed by atoms with Crippen molar-refractivity contribution in [1.82, 2.24) is 4.98 Å². The van der Waals surface area contributed by atoms with E-state index in [4.69, 9.17) is 4.74 Å². The van der Waals surface area contributed by atoms with Crippen LogP contribution in [0.4, 0.5) is 0 Å². The van der Waals surface area contributed by atoms with Gasteiger partial charge in [-0.05, 0) is 25.1 Å². The van der Waals surface area contributed by atoms with Gasteiger partial charge in [-0.1, -0.05) is 6.07 Å². The first-order valence-electron chi connectivity index (χ1n) is 4.68. The standard InChI is InChI=1S/C11H13NO2/c1-2-14-7-8-6-9-10(12-8)4-3-5-11(9)13/h3-6,12-13H,2,7H2,1H3. The molecule has 1 aromatic heterocycles. The Kier molecular flexibility index (Phi) is 2.41. The van der Waals surface area contributed by atoms with Crippen molar-refractivity contribution in [2.24, 2.45) is 0 Å². The van der Waals surface area contributed by atoms with Crippen molar-refractivity contribution in [1.29, 1.82) is 0 Å². The van der Waals surface area contributed by atoms with Crippen molar-refractivity contribution in [3.05, 3.63) is 30.0 Å². The van der Waals surface area contributed by atoms with E-state index in [0.717, 1.165) is 16.6 Å². The molecule has 0 fully saturated rings. The van der Waals surface area contributed by atoms with Gasteiger partial charge in [0.25, 0.3) is 0 Å². The van der Waals surface area contributed by atoms with Crippen molar-refractivity contribution in [2.75, 3.05) is 6.61 Å². The minimum Gasteiger partial charge on any atom is -0.507 e. The zero-order valence-electron chi connectivity index (χ0n) is 8.08. The van der Waals surface area contributed by atoms with Crippen molar-refractivity contribution in [2.45, 2.75) is 13.5 Å². The first-order chi connectivity index (χ1) is 6.81. The minimum absolute atomic E-state index is 0.307. The molecule has 3 heteroatoms. The predicted molar refractivity (Wildman–Crippen MR) is 55.3 cm³/mol. The first kappa shape index (κ1) is 9.09. The SMILES string of the molecule is CCOCc1cc2c(O)cccc2[nH]1. The fourth-order valence-corrected chi connectivity index (χ4v) is 1.49. The van der Waals surface area contributed by atoms with Crippen LogP contribution in [-0.4, -0.2) is 16.7 Å². The number of aromatic hydroxyl groups is 1. The molecule has 0 aliphatic rings. The van der Waals surface area contributed by atoms with Crippen LogP contribution in [0.5, 0.6) is 5.75 Å². The van der Waals surface area contributed by atoms with Gasteiger partial charge in [-0.2, -0.15) is 0 Å². The van der Waals surface area contributed by atoms with Gasteiger partial charge >= 0.3 is 0 Å². The molecule has 14 heavy (non-hydrogen) atoms. The van der Waals surface area contributed by atoms with Crippen LogP contribution in [0.3, 0.4) is 0 Å². The van der Waals surface area contributed by atoms with E-state index in [1.165, 1.54) is 0 Å². The largest absolute Gasteiger partial charge is 0.507 e. The fourth-order valence-electron chi connectivity index (χ4n) is 1.49. The lowest BCUT2D eigenvalue weighted by atomic mass is 10.2. The van der Waals surface area contributed by atoms with E-state index in [0.29, 0.717) is 19.0 Å². The maximum Gasteiger partial charge on any atom is 0.124 e. The third-order valence-corrected chi connectivity index (χ3v) is 2.16. The van der Waals surface area contributed by atoms with Crippen LogP contribution >= 0.6 is 0 Å². The Balaban J connectivity index is 2.36. The Bertz CT molecular complexity index is 434. The van der Waals surface area contributed by atoms with E-state index in [1.54, 1.807) is 6.07 Å². The van der Waals surface area contributed by atoms with Crippen LogP contribution in [0.2, 0.25) is 0 Å². The number of H-pyrrole nitrogens is 1. The van der Waals surface area contributed by atoms with E-state index in [9.17, 15) is 5.11 Å². The van der Waals surface area contributed by atoms with Crippen molar-refractivity contribution in [3.63, 3.8) is 0 Å². The molecule has 74 valence electrons. The molecule has 0 bridgehead atoms. The number of aromatic amines is 1. The Morgan fingerprint density at radius 1 is 1.43 bits per heavy atom. The molecule has 2 aromatic rings. The number of fused-ring (bicyclic) bond motifs is 1. The predicted octanol–water partition coefficient (Wildman–Crippen LogP) is 2.41. The molecule has 3 nitrogen and oxygen atoms in total. The molecule has 0 aliphatic carbocycles. The molecular weight excluding hydrogens is 178 g/mol. The van der Waals surface area contributed by atoms with Gasteiger partial charge in [0, 0.05) is 23.2 Å². The molecule has 0 aliphatic heterocycles. The van der Waals surface area contributed by atoms with Crippen LogP contribution in [0.15, 0.2) is 24.3 Å². The smallest absolute Gasteiger partial charge is 0.124 e. The van der Waals surface area contributed by atoms with Crippen LogP contribution < -0.4 is 0 Å². The molecule has 0 radical (unpaired) electrons. The number of ether oxygens (including phenoxy) is 1. The number of benzene rings is 1. The van der Waals surface area contributed by atoms with Gasteiger partial charge in [0.05, 0.1) is 6.61 Å². The fraction of sp³-hybridized carbons (Fsp3) is 0.273. The molecule has 0 saturated heterocycles. The summed E-state index contributed by atoms with van der Waals surface area (Å²) in [6.45, 7) is 3.21. The van der Waals surface area contributed by atoms with E-state index in [2.05, 4.69) is 4.98 Å². The summed E-state index contributed by atoms with van der Waals surface area (Å²) in [5.41, 5.74) is 1.93. The molecule has 0 spiro atoms. The zero-order valence-corrected chi connectivity index (χ0v) is 8.08. The first-order valence-corrected chi connectivity index (χ1v) is 4.68. The van der Waals surface area contributed by atoms with Gasteiger partial charge in [-0.15, -0.1) is 0 Å². The molecule has 1 heterocycles. The lowest BCUT2D eigenvalue weighted by Gasteiger charge is -1.95. The summed E-state index contributed by atoms with van der Waals surface area (Å²) in [5.74, 6) is 0.307. The average molecular weight is 191 g/mol. The number of aromatic nitrogens is 1. The highest BCUT2D eigenvalue weighted by molar-refractivity contribution is 5.86. The van der Waals surface area contributed by atoms with E-state index < -0.39 is 0 Å². The van der Waals surface area contributed by atoms with E-state index in [-0.39, 0.29) is 0 Å². The lowest BCUT2D eigenvalue weighted by Crippen LogP contribution is -1.90. The van der Waals surface area contributed by atoms with Crippen LogP contribution in [0.25, 0.3) is 10.9 Å². The number of hydrogen-bond donors (Lipinski definition) is 2. The second kappa shape index (κ2) is 3.72. The van der Waals surface area contributed by atoms with Gasteiger partial charge in [-0.25, -0.2) is 0 Å². The second-order valence-electron chi connectivity index (χ2n) is 3.17. The summed E-state index contributed by atoms with van der Waals surface area (Å²) in [7, 11) is 0. The van der Waals surface area contributed by atoms with Gasteiger partial charge in [0.15, 0.2) is 0 Å². The molecule has 0 amide bonds. The topological polar surface area (TPSA) is 45.2 Å². The van der Waals surface area contributed by atoms with Crippen LogP contribution in [-0.2, 0) is 11.3 Å². The molecule has 2 rings (SSSR count). The number of phenols is 1. The summed E-state index contributed by atoms with van der Waals surface area (Å²) in [5, 5.41) is 10.4. The quantitative estimate of drug-likeness (QED) is 0.782. The van der Waals surface area contributed by atoms with Gasteiger partial charge in [-0.3, -0.25) is 0 Å². The highest BCUT2D eigenvalue weighted by Gasteiger charge is 2.03. The second-order valence-corrected chi connectivity index (χ2v) is 3.17. The van der Waals surface area contributed by atoms with Gasteiger partial charge in [0.2, 0.25) is 0 Å². The average Bonchev–Trinajstić information content (AvgIpc) is 2.59. The highest BCUT2D eigenvalue weighted by Crippen LogP contribution is 2.24. The number of nitrogens with one attached hydrogen (secondary N) is 1. The molecule has 1 aromatic carbocycles. The molecule has 0 saturated carbocycles. The molecular formula is C11H13NO2. The summed E-state index contributed by atoms with van der Waals surface area (Å²) in [6, 6.07) is 7.35.